The molecule has 8 nitrogen and oxygen atoms in total. The standard InChI is InChI=1S/C17H16FNO7S/c1-24-10-3-5-12(16(7-10)25-2)15(20)9-26-17(21)13-8-11(27(19,22)23)4-6-14(13)18/h3-8H,9H2,1-2H3,(H2,19,22,23). The van der Waals surface area contributed by atoms with Crippen molar-refractivity contribution in [2.24, 2.45) is 5.14 Å². The summed E-state index contributed by atoms with van der Waals surface area (Å²) in [6.07, 6.45) is 0. The lowest BCUT2D eigenvalue weighted by Gasteiger charge is -2.10. The Morgan fingerprint density at radius 2 is 1.74 bits per heavy atom. The molecule has 144 valence electrons. The molecule has 27 heavy (non-hydrogen) atoms. The molecular weight excluding hydrogens is 381 g/mol. The molecule has 10 heteroatoms. The highest BCUT2D eigenvalue weighted by molar-refractivity contribution is 7.89. The van der Waals surface area contributed by atoms with Gasteiger partial charge in [0.05, 0.1) is 30.2 Å². The molecule has 0 unspecified atom stereocenters. The molecule has 0 radical (unpaired) electrons. The number of halogens is 1. The molecule has 2 aromatic carbocycles. The minimum atomic E-state index is -4.14. The molecule has 0 saturated heterocycles. The Kier molecular flexibility index (Phi) is 6.13. The van der Waals surface area contributed by atoms with Gasteiger partial charge in [-0.3, -0.25) is 4.79 Å². The Hall–Kier alpha value is -2.98. The summed E-state index contributed by atoms with van der Waals surface area (Å²) in [5, 5.41) is 4.95. The van der Waals surface area contributed by atoms with E-state index in [0.29, 0.717) is 5.75 Å². The Morgan fingerprint density at radius 3 is 2.33 bits per heavy atom. The number of hydrogen-bond acceptors (Lipinski definition) is 7. The van der Waals surface area contributed by atoms with Crippen molar-refractivity contribution in [3.05, 3.63) is 53.3 Å². The average Bonchev–Trinajstić information content (AvgIpc) is 2.64. The van der Waals surface area contributed by atoms with Crippen LogP contribution in [0.1, 0.15) is 20.7 Å². The molecule has 0 fully saturated rings. The minimum absolute atomic E-state index is 0.129. The maximum Gasteiger partial charge on any atom is 0.341 e. The number of hydrogen-bond donors (Lipinski definition) is 1. The van der Waals surface area contributed by atoms with Crippen molar-refractivity contribution >= 4 is 21.8 Å². The van der Waals surface area contributed by atoms with Gasteiger partial charge in [-0.25, -0.2) is 22.7 Å². The van der Waals surface area contributed by atoms with Crippen LogP contribution in [0.3, 0.4) is 0 Å². The van der Waals surface area contributed by atoms with E-state index in [1.807, 2.05) is 0 Å². The molecule has 0 aliphatic carbocycles. The van der Waals surface area contributed by atoms with Crippen molar-refractivity contribution in [1.29, 1.82) is 0 Å². The van der Waals surface area contributed by atoms with Crippen molar-refractivity contribution in [3.8, 4) is 11.5 Å². The van der Waals surface area contributed by atoms with Crippen molar-refractivity contribution in [3.63, 3.8) is 0 Å². The monoisotopic (exact) mass is 397 g/mol. The van der Waals surface area contributed by atoms with Gasteiger partial charge in [0.15, 0.2) is 6.61 Å². The number of nitrogens with two attached hydrogens (primary N) is 1. The van der Waals surface area contributed by atoms with Gasteiger partial charge in [-0.2, -0.15) is 0 Å². The number of sulfonamides is 1. The van der Waals surface area contributed by atoms with Gasteiger partial charge in [0.1, 0.15) is 17.3 Å². The summed E-state index contributed by atoms with van der Waals surface area (Å²) >= 11 is 0. The lowest BCUT2D eigenvalue weighted by Crippen LogP contribution is -2.17. The molecule has 0 atom stereocenters. The number of ether oxygens (including phenoxy) is 3. The molecule has 2 N–H and O–H groups in total. The first kappa shape index (κ1) is 20.3. The molecule has 0 aliphatic heterocycles. The van der Waals surface area contributed by atoms with Gasteiger partial charge in [0.2, 0.25) is 15.8 Å². The maximum absolute atomic E-state index is 13.8. The third kappa shape index (κ3) is 4.80. The molecule has 0 heterocycles. The summed E-state index contributed by atoms with van der Waals surface area (Å²) in [4.78, 5) is 23.8. The predicted molar refractivity (Wildman–Crippen MR) is 91.9 cm³/mol. The number of methoxy groups -OCH3 is 2. The number of carbonyl (C=O) groups excluding carboxylic acids is 2. The van der Waals surface area contributed by atoms with E-state index in [2.05, 4.69) is 0 Å². The molecule has 2 aromatic rings. The summed E-state index contributed by atoms with van der Waals surface area (Å²) in [6, 6.07) is 6.85. The lowest BCUT2D eigenvalue weighted by molar-refractivity contribution is 0.0469. The first-order chi connectivity index (χ1) is 12.7. The zero-order valence-electron chi connectivity index (χ0n) is 14.4. The molecule has 0 amide bonds. The highest BCUT2D eigenvalue weighted by atomic mass is 32.2. The molecule has 0 spiro atoms. The van der Waals surface area contributed by atoms with Gasteiger partial charge < -0.3 is 14.2 Å². The molecule has 0 bridgehead atoms. The Bertz CT molecular complexity index is 989. The first-order valence-corrected chi connectivity index (χ1v) is 8.96. The zero-order chi connectivity index (χ0) is 20.2. The van der Waals surface area contributed by atoms with E-state index in [1.165, 1.54) is 32.4 Å². The summed E-state index contributed by atoms with van der Waals surface area (Å²) in [7, 11) is -1.34. The van der Waals surface area contributed by atoms with Crippen LogP contribution in [0.5, 0.6) is 11.5 Å². The third-order valence-corrected chi connectivity index (χ3v) is 4.44. The number of rotatable bonds is 7. The average molecular weight is 397 g/mol. The van der Waals surface area contributed by atoms with Crippen LogP contribution in [0.2, 0.25) is 0 Å². The van der Waals surface area contributed by atoms with Gasteiger partial charge in [0.25, 0.3) is 0 Å². The molecule has 0 aromatic heterocycles. The van der Waals surface area contributed by atoms with Crippen molar-refractivity contribution in [2.45, 2.75) is 4.90 Å². The van der Waals surface area contributed by atoms with Crippen LogP contribution in [-0.2, 0) is 14.8 Å². The first-order valence-electron chi connectivity index (χ1n) is 7.42. The summed E-state index contributed by atoms with van der Waals surface area (Å²) in [6.45, 7) is -0.708. The van der Waals surface area contributed by atoms with E-state index in [9.17, 15) is 22.4 Å². The van der Waals surface area contributed by atoms with Gasteiger partial charge in [-0.1, -0.05) is 0 Å². The Labute approximate surface area is 154 Å². The number of Topliss-reactive ketones (excluding diaryl/α,β-unsaturated/α-hetero) is 1. The topological polar surface area (TPSA) is 122 Å². The second kappa shape index (κ2) is 8.14. The smallest absolute Gasteiger partial charge is 0.341 e. The predicted octanol–water partition coefficient (Wildman–Crippen LogP) is 1.53. The maximum atomic E-state index is 13.8. The van der Waals surface area contributed by atoms with Crippen LogP contribution in [0.15, 0.2) is 41.3 Å². The van der Waals surface area contributed by atoms with E-state index < -0.39 is 44.7 Å². The van der Waals surface area contributed by atoms with Crippen molar-refractivity contribution in [2.75, 3.05) is 20.8 Å². The van der Waals surface area contributed by atoms with Crippen LogP contribution in [0.25, 0.3) is 0 Å². The fourth-order valence-corrected chi connectivity index (χ4v) is 2.69. The number of primary sulfonamides is 1. The van der Waals surface area contributed by atoms with Crippen LogP contribution in [-0.4, -0.2) is 41.0 Å². The molecular formula is C17H16FNO7S. The van der Waals surface area contributed by atoms with Crippen molar-refractivity contribution < 1.29 is 36.6 Å². The van der Waals surface area contributed by atoms with Gasteiger partial charge in [-0.15, -0.1) is 0 Å². The number of benzene rings is 2. The summed E-state index contributed by atoms with van der Waals surface area (Å²) in [5.74, 6) is -2.16. The second-order valence-corrected chi connectivity index (χ2v) is 6.81. The third-order valence-electron chi connectivity index (χ3n) is 3.53. The fourth-order valence-electron chi connectivity index (χ4n) is 2.15. The van der Waals surface area contributed by atoms with Gasteiger partial charge >= 0.3 is 5.97 Å². The quantitative estimate of drug-likeness (QED) is 0.555. The van der Waals surface area contributed by atoms with Crippen LogP contribution >= 0.6 is 0 Å². The van der Waals surface area contributed by atoms with Crippen LogP contribution in [0.4, 0.5) is 4.39 Å². The number of esters is 1. The fraction of sp³-hybridized carbons (Fsp3) is 0.176. The lowest BCUT2D eigenvalue weighted by atomic mass is 10.1. The molecule has 0 aliphatic rings. The Morgan fingerprint density at radius 1 is 1.04 bits per heavy atom. The Balaban J connectivity index is 2.17. The molecule has 0 saturated carbocycles. The summed E-state index contributed by atoms with van der Waals surface area (Å²) in [5.41, 5.74) is -0.527. The van der Waals surface area contributed by atoms with E-state index >= 15 is 0 Å². The largest absolute Gasteiger partial charge is 0.497 e. The summed E-state index contributed by atoms with van der Waals surface area (Å²) < 4.78 is 51.3. The van der Waals surface area contributed by atoms with Gasteiger partial charge in [-0.05, 0) is 30.3 Å². The van der Waals surface area contributed by atoms with E-state index in [-0.39, 0.29) is 11.3 Å². The van der Waals surface area contributed by atoms with Crippen molar-refractivity contribution in [1.82, 2.24) is 0 Å². The zero-order valence-corrected chi connectivity index (χ0v) is 15.2. The number of ketones is 1. The SMILES string of the molecule is COc1ccc(C(=O)COC(=O)c2cc(S(N)(=O)=O)ccc2F)c(OC)c1. The highest BCUT2D eigenvalue weighted by Gasteiger charge is 2.20. The number of carbonyl (C=O) groups is 2. The van der Waals surface area contributed by atoms with Gasteiger partial charge in [0, 0.05) is 6.07 Å². The van der Waals surface area contributed by atoms with E-state index in [4.69, 9.17) is 19.3 Å². The normalized spacial score (nSPS) is 11.0. The van der Waals surface area contributed by atoms with Crippen LogP contribution < -0.4 is 14.6 Å². The minimum Gasteiger partial charge on any atom is -0.497 e. The second-order valence-electron chi connectivity index (χ2n) is 5.25. The van der Waals surface area contributed by atoms with E-state index in [1.54, 1.807) is 0 Å². The molecule has 2 rings (SSSR count). The van der Waals surface area contributed by atoms with Crippen LogP contribution in [0, 0.1) is 5.82 Å². The highest BCUT2D eigenvalue weighted by Crippen LogP contribution is 2.25. The van der Waals surface area contributed by atoms with E-state index in [0.717, 1.165) is 18.2 Å².